The molecule has 35 heavy (non-hydrogen) atoms. The summed E-state index contributed by atoms with van der Waals surface area (Å²) >= 11 is 7.68. The molecule has 2 aromatic rings. The van der Waals surface area contributed by atoms with E-state index >= 15 is 0 Å². The number of anilines is 2. The highest BCUT2D eigenvalue weighted by Gasteiger charge is 2.27. The van der Waals surface area contributed by atoms with Crippen LogP contribution in [0.3, 0.4) is 0 Å². The highest BCUT2D eigenvalue weighted by molar-refractivity contribution is 8.93. The first-order valence-electron chi connectivity index (χ1n) is 11.6. The molecular formula is C24H36Br2ClN5O2S. The van der Waals surface area contributed by atoms with E-state index in [4.69, 9.17) is 31.0 Å². The topological polar surface area (TPSA) is 54.0 Å². The van der Waals surface area contributed by atoms with Crippen LogP contribution in [0.4, 0.5) is 11.6 Å². The zero-order valence-corrected chi connectivity index (χ0v) is 25.8. The average Bonchev–Trinajstić information content (AvgIpc) is 2.82. The van der Waals surface area contributed by atoms with Crippen LogP contribution in [0.1, 0.15) is 25.7 Å². The maximum absolute atomic E-state index is 6.48. The first kappa shape index (κ1) is 30.4. The summed E-state index contributed by atoms with van der Waals surface area (Å²) in [7, 11) is 6.26. The van der Waals surface area contributed by atoms with Crippen molar-refractivity contribution in [3.63, 3.8) is 0 Å². The van der Waals surface area contributed by atoms with Crippen LogP contribution >= 0.6 is 57.3 Å². The molecule has 1 aromatic carbocycles. The molecule has 2 aliphatic rings. The molecule has 196 valence electrons. The molecule has 7 nitrogen and oxygen atoms in total. The summed E-state index contributed by atoms with van der Waals surface area (Å²) in [6.45, 7) is 4.11. The standard InChI is InChI=1S/C24H34ClN5O2S.2BrH/c1-28-13-9-19(10-14-28)31-22-21(33-4)23(32-20-11-15-29(2)16-12-20)27-24(26-22)30(3)18-7-5-17(25)6-8-18;;/h5-8,19-20H,9-16H2,1-4H3;2*1H. The summed E-state index contributed by atoms with van der Waals surface area (Å²) in [6, 6.07) is 7.66. The summed E-state index contributed by atoms with van der Waals surface area (Å²) in [6.07, 6.45) is 6.27. The van der Waals surface area contributed by atoms with Crippen molar-refractivity contribution in [2.45, 2.75) is 42.8 Å². The van der Waals surface area contributed by atoms with Crippen LogP contribution in [0.15, 0.2) is 29.2 Å². The maximum atomic E-state index is 6.48. The Hall–Kier alpha value is -0.780. The number of hydrogen-bond donors (Lipinski definition) is 0. The number of likely N-dealkylation sites (tertiary alicyclic amines) is 2. The van der Waals surface area contributed by atoms with Crippen molar-refractivity contribution in [1.29, 1.82) is 0 Å². The van der Waals surface area contributed by atoms with Gasteiger partial charge >= 0.3 is 0 Å². The molecule has 1 aromatic heterocycles. The third kappa shape index (κ3) is 8.10. The lowest BCUT2D eigenvalue weighted by molar-refractivity contribution is 0.0962. The number of nitrogens with zero attached hydrogens (tertiary/aromatic N) is 5. The van der Waals surface area contributed by atoms with E-state index in [0.717, 1.165) is 62.4 Å². The molecule has 0 radical (unpaired) electrons. The van der Waals surface area contributed by atoms with Crippen molar-refractivity contribution >= 4 is 69.0 Å². The smallest absolute Gasteiger partial charge is 0.236 e. The van der Waals surface area contributed by atoms with Gasteiger partial charge in [0, 0.05) is 43.9 Å². The van der Waals surface area contributed by atoms with Crippen LogP contribution in [0, 0.1) is 0 Å². The highest BCUT2D eigenvalue weighted by atomic mass is 79.9. The average molecular weight is 654 g/mol. The van der Waals surface area contributed by atoms with E-state index in [-0.39, 0.29) is 46.2 Å². The second-order valence-electron chi connectivity index (χ2n) is 8.94. The van der Waals surface area contributed by atoms with Crippen LogP contribution in [0.5, 0.6) is 11.8 Å². The van der Waals surface area contributed by atoms with Crippen molar-refractivity contribution in [1.82, 2.24) is 19.8 Å². The molecular weight excluding hydrogens is 618 g/mol. The number of thioether (sulfide) groups is 1. The van der Waals surface area contributed by atoms with Gasteiger partial charge in [-0.2, -0.15) is 9.97 Å². The molecule has 0 saturated carbocycles. The molecule has 0 bridgehead atoms. The SMILES string of the molecule is Br.Br.CSc1c(OC2CCN(C)CC2)nc(N(C)c2ccc(Cl)cc2)nc1OC1CCN(C)CC1. The fraction of sp³-hybridized carbons (Fsp3) is 0.583. The normalized spacial score (nSPS) is 17.9. The maximum Gasteiger partial charge on any atom is 0.236 e. The van der Waals surface area contributed by atoms with Crippen molar-refractivity contribution < 1.29 is 9.47 Å². The number of benzene rings is 1. The molecule has 2 fully saturated rings. The Morgan fingerprint density at radius 2 is 1.29 bits per heavy atom. The number of hydrogen-bond acceptors (Lipinski definition) is 8. The van der Waals surface area contributed by atoms with E-state index in [1.807, 2.05) is 42.5 Å². The number of ether oxygens (including phenoxy) is 2. The van der Waals surface area contributed by atoms with Crippen LogP contribution in [-0.2, 0) is 0 Å². The number of piperidine rings is 2. The number of aromatic nitrogens is 2. The predicted octanol–water partition coefficient (Wildman–Crippen LogP) is 5.72. The van der Waals surface area contributed by atoms with Gasteiger partial charge in [0.2, 0.25) is 17.7 Å². The van der Waals surface area contributed by atoms with Gasteiger partial charge in [0.25, 0.3) is 0 Å². The molecule has 0 spiro atoms. The largest absolute Gasteiger partial charge is 0.473 e. The Morgan fingerprint density at radius 3 is 1.69 bits per heavy atom. The van der Waals surface area contributed by atoms with Gasteiger partial charge in [0.15, 0.2) is 0 Å². The first-order valence-corrected chi connectivity index (χ1v) is 13.2. The lowest BCUT2D eigenvalue weighted by atomic mass is 10.1. The lowest BCUT2D eigenvalue weighted by Gasteiger charge is -2.31. The third-order valence-electron chi connectivity index (χ3n) is 6.40. The third-order valence-corrected chi connectivity index (χ3v) is 7.41. The van der Waals surface area contributed by atoms with Crippen molar-refractivity contribution in [2.24, 2.45) is 0 Å². The fourth-order valence-corrected chi connectivity index (χ4v) is 4.85. The monoisotopic (exact) mass is 651 g/mol. The molecule has 2 saturated heterocycles. The van der Waals surface area contributed by atoms with E-state index in [1.54, 1.807) is 11.8 Å². The van der Waals surface area contributed by atoms with Gasteiger partial charge in [-0.15, -0.1) is 45.7 Å². The molecule has 3 heterocycles. The Bertz CT molecular complexity index is 882. The summed E-state index contributed by atoms with van der Waals surface area (Å²) in [5, 5.41) is 0.698. The molecule has 0 aliphatic carbocycles. The Balaban J connectivity index is 0.00000216. The van der Waals surface area contributed by atoms with E-state index in [9.17, 15) is 0 Å². The molecule has 11 heteroatoms. The predicted molar refractivity (Wildman–Crippen MR) is 156 cm³/mol. The Morgan fingerprint density at radius 1 is 0.857 bits per heavy atom. The van der Waals surface area contributed by atoms with Gasteiger partial charge < -0.3 is 24.2 Å². The van der Waals surface area contributed by atoms with Gasteiger partial charge in [-0.25, -0.2) is 0 Å². The first-order chi connectivity index (χ1) is 15.9. The van der Waals surface area contributed by atoms with E-state index < -0.39 is 0 Å². The second-order valence-corrected chi connectivity index (χ2v) is 10.2. The zero-order chi connectivity index (χ0) is 23.4. The fourth-order valence-electron chi connectivity index (χ4n) is 4.19. The summed E-state index contributed by atoms with van der Waals surface area (Å²) in [4.78, 5) is 17.2. The minimum absolute atomic E-state index is 0. The van der Waals surface area contributed by atoms with Crippen molar-refractivity contribution in [2.75, 3.05) is 58.5 Å². The van der Waals surface area contributed by atoms with Gasteiger partial charge in [0.1, 0.15) is 17.1 Å². The lowest BCUT2D eigenvalue weighted by Crippen LogP contribution is -2.36. The quantitative estimate of drug-likeness (QED) is 0.352. The van der Waals surface area contributed by atoms with Gasteiger partial charge in [-0.3, -0.25) is 0 Å². The van der Waals surface area contributed by atoms with Gasteiger partial charge in [-0.1, -0.05) is 11.6 Å². The van der Waals surface area contributed by atoms with Crippen LogP contribution in [-0.4, -0.2) is 85.6 Å². The summed E-state index contributed by atoms with van der Waals surface area (Å²) < 4.78 is 13.0. The van der Waals surface area contributed by atoms with Gasteiger partial charge in [-0.05, 0) is 70.3 Å². The number of halogens is 3. The summed E-state index contributed by atoms with van der Waals surface area (Å²) in [5.41, 5.74) is 0.951. The molecule has 0 amide bonds. The molecule has 4 rings (SSSR count). The van der Waals surface area contributed by atoms with Gasteiger partial charge in [0.05, 0.1) is 0 Å². The van der Waals surface area contributed by atoms with Crippen LogP contribution < -0.4 is 14.4 Å². The van der Waals surface area contributed by atoms with Crippen molar-refractivity contribution in [3.8, 4) is 11.8 Å². The Kier molecular flexibility index (Phi) is 12.4. The van der Waals surface area contributed by atoms with E-state index in [0.29, 0.717) is 22.7 Å². The van der Waals surface area contributed by atoms with Crippen molar-refractivity contribution in [3.05, 3.63) is 29.3 Å². The Labute approximate surface area is 239 Å². The minimum Gasteiger partial charge on any atom is -0.473 e. The van der Waals surface area contributed by atoms with Crippen LogP contribution in [0.2, 0.25) is 5.02 Å². The minimum atomic E-state index is 0. The molecule has 0 N–H and O–H groups in total. The van der Waals surface area contributed by atoms with E-state index in [2.05, 4.69) is 23.9 Å². The van der Waals surface area contributed by atoms with Crippen LogP contribution in [0.25, 0.3) is 0 Å². The van der Waals surface area contributed by atoms with E-state index in [1.165, 1.54) is 0 Å². The summed E-state index contributed by atoms with van der Waals surface area (Å²) in [5.74, 6) is 1.79. The zero-order valence-electron chi connectivity index (χ0n) is 20.8. The number of rotatable bonds is 7. The molecule has 0 unspecified atom stereocenters. The molecule has 0 atom stereocenters. The highest BCUT2D eigenvalue weighted by Crippen LogP contribution is 2.39. The molecule has 2 aliphatic heterocycles. The second kappa shape index (κ2) is 14.2.